The summed E-state index contributed by atoms with van der Waals surface area (Å²) in [6.07, 6.45) is 0.652. The second-order valence-corrected chi connectivity index (χ2v) is 6.55. The van der Waals surface area contributed by atoms with Gasteiger partial charge in [-0.25, -0.2) is 0 Å². The molecule has 2 aromatic carbocycles. The Morgan fingerprint density at radius 2 is 1.86 bits per heavy atom. The minimum absolute atomic E-state index is 0.0503. The van der Waals surface area contributed by atoms with Gasteiger partial charge in [-0.05, 0) is 60.9 Å². The van der Waals surface area contributed by atoms with E-state index in [0.29, 0.717) is 5.75 Å². The van der Waals surface area contributed by atoms with Crippen molar-refractivity contribution in [2.75, 3.05) is 0 Å². The molecular weight excluding hydrogens is 330 g/mol. The number of benzene rings is 2. The van der Waals surface area contributed by atoms with Crippen molar-refractivity contribution < 1.29 is 9.84 Å². The minimum atomic E-state index is -0.0772. The summed E-state index contributed by atoms with van der Waals surface area (Å²) in [4.78, 5) is 0. The molecule has 4 heteroatoms. The molecule has 110 valence electrons. The van der Waals surface area contributed by atoms with Crippen molar-refractivity contribution in [2.45, 2.75) is 32.4 Å². The van der Waals surface area contributed by atoms with E-state index in [2.05, 4.69) is 15.9 Å². The lowest BCUT2D eigenvalue weighted by atomic mass is 9.92. The van der Waals surface area contributed by atoms with E-state index in [1.165, 1.54) is 0 Å². The van der Waals surface area contributed by atoms with Crippen molar-refractivity contribution in [1.82, 2.24) is 0 Å². The maximum absolute atomic E-state index is 9.90. The molecule has 1 aliphatic heterocycles. The molecule has 0 saturated carbocycles. The number of nitrogens with two attached hydrogens (primary N) is 1. The van der Waals surface area contributed by atoms with Crippen LogP contribution in [0.25, 0.3) is 0 Å². The van der Waals surface area contributed by atoms with Gasteiger partial charge in [-0.2, -0.15) is 0 Å². The largest absolute Gasteiger partial charge is 0.507 e. The van der Waals surface area contributed by atoms with Crippen LogP contribution in [0.15, 0.2) is 34.8 Å². The number of fused-ring (bicyclic) bond motifs is 1. The van der Waals surface area contributed by atoms with E-state index in [1.807, 2.05) is 44.2 Å². The van der Waals surface area contributed by atoms with Crippen molar-refractivity contribution >= 4 is 15.9 Å². The van der Waals surface area contributed by atoms with Crippen LogP contribution in [0.5, 0.6) is 11.5 Å². The molecule has 0 amide bonds. The van der Waals surface area contributed by atoms with Gasteiger partial charge in [0.1, 0.15) is 17.6 Å². The Bertz CT molecular complexity index is 676. The van der Waals surface area contributed by atoms with Crippen LogP contribution in [-0.4, -0.2) is 5.11 Å². The number of hydrogen-bond donors (Lipinski definition) is 2. The van der Waals surface area contributed by atoms with Crippen molar-refractivity contribution in [3.05, 3.63) is 57.1 Å². The molecular formula is C17H18BrNO2. The highest BCUT2D eigenvalue weighted by atomic mass is 79.9. The van der Waals surface area contributed by atoms with Crippen molar-refractivity contribution in [3.8, 4) is 11.5 Å². The summed E-state index contributed by atoms with van der Waals surface area (Å²) in [6, 6.07) is 9.83. The first kappa shape index (κ1) is 14.4. The van der Waals surface area contributed by atoms with E-state index in [0.717, 1.165) is 38.9 Å². The Morgan fingerprint density at radius 1 is 1.19 bits per heavy atom. The van der Waals surface area contributed by atoms with E-state index >= 15 is 0 Å². The molecule has 1 heterocycles. The van der Waals surface area contributed by atoms with Crippen LogP contribution in [0.2, 0.25) is 0 Å². The van der Waals surface area contributed by atoms with Crippen molar-refractivity contribution in [2.24, 2.45) is 5.73 Å². The average molecular weight is 348 g/mol. The van der Waals surface area contributed by atoms with Gasteiger partial charge in [0.2, 0.25) is 0 Å². The lowest BCUT2D eigenvalue weighted by Crippen LogP contribution is -2.24. The normalized spacial score (nSPS) is 20.8. The maximum Gasteiger partial charge on any atom is 0.126 e. The monoisotopic (exact) mass is 347 g/mol. The van der Waals surface area contributed by atoms with Crippen LogP contribution in [0.4, 0.5) is 0 Å². The van der Waals surface area contributed by atoms with Crippen LogP contribution in [0.3, 0.4) is 0 Å². The predicted octanol–water partition coefficient (Wildman–Crippen LogP) is 4.30. The molecule has 3 rings (SSSR count). The Morgan fingerprint density at radius 3 is 2.52 bits per heavy atom. The molecule has 3 N–H and O–H groups in total. The number of phenolic OH excluding ortho intramolecular Hbond substituents is 1. The molecule has 0 fully saturated rings. The van der Waals surface area contributed by atoms with E-state index in [1.54, 1.807) is 0 Å². The van der Waals surface area contributed by atoms with Gasteiger partial charge in [-0.3, -0.25) is 0 Å². The Balaban J connectivity index is 1.98. The number of aromatic hydroxyl groups is 1. The van der Waals surface area contributed by atoms with Gasteiger partial charge in [0.15, 0.2) is 0 Å². The molecule has 1 aliphatic rings. The molecule has 2 atom stereocenters. The quantitative estimate of drug-likeness (QED) is 0.808. The first-order valence-electron chi connectivity index (χ1n) is 6.97. The van der Waals surface area contributed by atoms with E-state index < -0.39 is 0 Å². The predicted molar refractivity (Wildman–Crippen MR) is 86.6 cm³/mol. The number of halogens is 1. The fourth-order valence-electron chi connectivity index (χ4n) is 2.85. The summed E-state index contributed by atoms with van der Waals surface area (Å²) in [5, 5.41) is 9.90. The zero-order valence-electron chi connectivity index (χ0n) is 12.1. The molecule has 0 bridgehead atoms. The van der Waals surface area contributed by atoms with Crippen molar-refractivity contribution in [1.29, 1.82) is 0 Å². The minimum Gasteiger partial charge on any atom is -0.507 e. The molecule has 3 nitrogen and oxygen atoms in total. The van der Waals surface area contributed by atoms with Gasteiger partial charge in [0, 0.05) is 22.5 Å². The second kappa shape index (κ2) is 5.35. The average Bonchev–Trinajstić information content (AvgIpc) is 2.44. The summed E-state index contributed by atoms with van der Waals surface area (Å²) in [5.74, 6) is 1.19. The summed E-state index contributed by atoms with van der Waals surface area (Å²) < 4.78 is 7.12. The highest BCUT2D eigenvalue weighted by Crippen LogP contribution is 2.41. The van der Waals surface area contributed by atoms with E-state index in [9.17, 15) is 5.11 Å². The lowest BCUT2D eigenvalue weighted by Gasteiger charge is -2.31. The number of phenols is 1. The molecule has 0 aromatic heterocycles. The smallest absolute Gasteiger partial charge is 0.126 e. The first-order valence-corrected chi connectivity index (χ1v) is 7.77. The highest BCUT2D eigenvalue weighted by molar-refractivity contribution is 9.10. The zero-order chi connectivity index (χ0) is 15.1. The third-order valence-corrected chi connectivity index (χ3v) is 4.49. The summed E-state index contributed by atoms with van der Waals surface area (Å²) in [6.45, 7) is 3.80. The molecule has 1 unspecified atom stereocenters. The fourth-order valence-corrected chi connectivity index (χ4v) is 3.23. The Kier molecular flexibility index (Phi) is 3.68. The number of rotatable bonds is 1. The molecule has 2 aromatic rings. The van der Waals surface area contributed by atoms with Gasteiger partial charge in [-0.1, -0.05) is 15.9 Å². The highest BCUT2D eigenvalue weighted by Gasteiger charge is 2.27. The van der Waals surface area contributed by atoms with E-state index in [-0.39, 0.29) is 12.1 Å². The van der Waals surface area contributed by atoms with Gasteiger partial charge in [0.25, 0.3) is 0 Å². The molecule has 0 saturated heterocycles. The van der Waals surface area contributed by atoms with Gasteiger partial charge >= 0.3 is 0 Å². The molecule has 0 spiro atoms. The second-order valence-electron chi connectivity index (χ2n) is 5.63. The molecule has 0 aliphatic carbocycles. The number of hydrogen-bond acceptors (Lipinski definition) is 3. The molecule has 0 radical (unpaired) electrons. The molecule has 21 heavy (non-hydrogen) atoms. The standard InChI is InChI=1S/C17H18BrNO2/c1-9-5-11(6-10(2)17(9)20)16-8-14(19)13-7-12(18)3-4-15(13)21-16/h3-7,14,16,20H,8,19H2,1-2H3/t14-,16?/m1/s1. The topological polar surface area (TPSA) is 55.5 Å². The van der Waals surface area contributed by atoms with E-state index in [4.69, 9.17) is 10.5 Å². The summed E-state index contributed by atoms with van der Waals surface area (Å²) in [5.41, 5.74) is 10.1. The summed E-state index contributed by atoms with van der Waals surface area (Å²) in [7, 11) is 0. The van der Waals surface area contributed by atoms with Crippen LogP contribution in [-0.2, 0) is 0 Å². The van der Waals surface area contributed by atoms with Crippen molar-refractivity contribution in [3.63, 3.8) is 0 Å². The third-order valence-electron chi connectivity index (χ3n) is 3.99. The Labute approximate surface area is 132 Å². The van der Waals surface area contributed by atoms with Gasteiger partial charge < -0.3 is 15.6 Å². The van der Waals surface area contributed by atoms with Crippen LogP contribution in [0, 0.1) is 13.8 Å². The first-order chi connectivity index (χ1) is 9.95. The fraction of sp³-hybridized carbons (Fsp3) is 0.294. The zero-order valence-corrected chi connectivity index (χ0v) is 13.6. The van der Waals surface area contributed by atoms with Crippen LogP contribution < -0.4 is 10.5 Å². The SMILES string of the molecule is Cc1cc(C2C[C@@H](N)c3cc(Br)ccc3O2)cc(C)c1O. The van der Waals surface area contributed by atoms with Gasteiger partial charge in [0.05, 0.1) is 0 Å². The van der Waals surface area contributed by atoms with Crippen LogP contribution in [0.1, 0.15) is 40.8 Å². The third kappa shape index (κ3) is 2.65. The summed E-state index contributed by atoms with van der Waals surface area (Å²) >= 11 is 3.47. The van der Waals surface area contributed by atoms with Gasteiger partial charge in [-0.15, -0.1) is 0 Å². The number of aryl methyl sites for hydroxylation is 2. The Hall–Kier alpha value is -1.52. The maximum atomic E-state index is 9.90. The lowest BCUT2D eigenvalue weighted by molar-refractivity contribution is 0.161. The van der Waals surface area contributed by atoms with Crippen LogP contribution >= 0.6 is 15.9 Å². The number of ether oxygens (including phenoxy) is 1.